The third kappa shape index (κ3) is 10.2. The zero-order valence-electron chi connectivity index (χ0n) is 29.4. The molecule has 4 rings (SSSR count). The zero-order valence-corrected chi connectivity index (χ0v) is 30.1. The van der Waals surface area contributed by atoms with Crippen molar-refractivity contribution in [2.75, 3.05) is 49.7 Å². The molecule has 0 aromatic heterocycles. The molecule has 0 unspecified atom stereocenters. The molecule has 2 saturated heterocycles. The predicted molar refractivity (Wildman–Crippen MR) is 184 cm³/mol. The number of halogens is 1. The molecular weight excluding hydrogens is 686 g/mol. The molecule has 0 bridgehead atoms. The molecule has 2 N–H and O–H groups in total. The second-order valence-electron chi connectivity index (χ2n) is 13.8. The summed E-state index contributed by atoms with van der Waals surface area (Å²) in [4.78, 5) is 69.4. The van der Waals surface area contributed by atoms with Gasteiger partial charge < -0.3 is 39.2 Å². The molecule has 274 valence electrons. The number of imide groups is 1. The van der Waals surface area contributed by atoms with Crippen LogP contribution in [0.3, 0.4) is 0 Å². The summed E-state index contributed by atoms with van der Waals surface area (Å²) < 4.78 is 21.6. The van der Waals surface area contributed by atoms with Crippen LogP contribution in [0.1, 0.15) is 63.0 Å². The van der Waals surface area contributed by atoms with Gasteiger partial charge in [0.05, 0.1) is 48.6 Å². The Morgan fingerprint density at radius 3 is 2.20 bits per heavy atom. The van der Waals surface area contributed by atoms with Gasteiger partial charge >= 0.3 is 12.2 Å². The fraction of sp³-hybridized carbons (Fsp3) is 0.486. The number of nitriles is 1. The molecule has 51 heavy (non-hydrogen) atoms. The third-order valence-electron chi connectivity index (χ3n) is 7.52. The maximum atomic E-state index is 13.5. The van der Waals surface area contributed by atoms with E-state index in [1.165, 1.54) is 35.2 Å². The fourth-order valence-electron chi connectivity index (χ4n) is 5.14. The van der Waals surface area contributed by atoms with Crippen molar-refractivity contribution in [1.82, 2.24) is 9.80 Å². The lowest BCUT2D eigenvalue weighted by molar-refractivity contribution is -0.150. The quantitative estimate of drug-likeness (QED) is 0.418. The summed E-state index contributed by atoms with van der Waals surface area (Å²) in [7, 11) is 0. The summed E-state index contributed by atoms with van der Waals surface area (Å²) in [6.45, 7) is 11.1. The lowest BCUT2D eigenvalue weighted by Crippen LogP contribution is -2.55. The number of hydrogen-bond acceptors (Lipinski definition) is 11. The van der Waals surface area contributed by atoms with Gasteiger partial charge in [-0.05, 0) is 83.5 Å². The van der Waals surface area contributed by atoms with Crippen LogP contribution in [0.15, 0.2) is 36.4 Å². The zero-order chi connectivity index (χ0) is 37.7. The molecular formula is C35H42ClN5O10. The van der Waals surface area contributed by atoms with Crippen LogP contribution < -0.4 is 10.2 Å². The van der Waals surface area contributed by atoms with Gasteiger partial charge in [0.25, 0.3) is 17.7 Å². The van der Waals surface area contributed by atoms with E-state index in [4.69, 9.17) is 30.5 Å². The van der Waals surface area contributed by atoms with E-state index in [1.807, 2.05) is 6.07 Å². The first-order valence-corrected chi connectivity index (χ1v) is 16.6. The average molecular weight is 728 g/mol. The van der Waals surface area contributed by atoms with Gasteiger partial charge in [-0.1, -0.05) is 11.6 Å². The lowest BCUT2D eigenvalue weighted by atomic mass is 10.1. The van der Waals surface area contributed by atoms with Crippen LogP contribution in [0.25, 0.3) is 0 Å². The molecule has 2 aromatic rings. The standard InChI is InChI=1S/C35H42ClN5O10/c1-34(2,3)50-32(46)41(33(47)51-35(4,5)6)20-22-17-23(8-7-21(22)19-37)38-29(43)27(42)28-31(45)40(13-16-49-28)24-9-10-25(26(36)18-24)30(44)39-11-14-48-15-12-39/h7-10,17-18,27-28,42H,11-16,20H2,1-6H3,(H,38,43)/t27-,28-/m1/s1. The minimum Gasteiger partial charge on any atom is -0.443 e. The van der Waals surface area contributed by atoms with Crippen molar-refractivity contribution in [2.24, 2.45) is 0 Å². The number of rotatable bonds is 7. The fourth-order valence-corrected chi connectivity index (χ4v) is 5.40. The Bertz CT molecular complexity index is 1680. The number of aliphatic hydroxyl groups excluding tert-OH is 1. The molecule has 2 aromatic carbocycles. The summed E-state index contributed by atoms with van der Waals surface area (Å²) in [6, 6.07) is 10.6. The van der Waals surface area contributed by atoms with Crippen molar-refractivity contribution in [3.8, 4) is 6.07 Å². The van der Waals surface area contributed by atoms with Gasteiger partial charge in [-0.3, -0.25) is 14.4 Å². The van der Waals surface area contributed by atoms with E-state index in [2.05, 4.69) is 5.32 Å². The molecule has 0 radical (unpaired) electrons. The number of aliphatic hydroxyl groups is 1. The first-order valence-electron chi connectivity index (χ1n) is 16.2. The molecule has 0 saturated carbocycles. The smallest absolute Gasteiger partial charge is 0.420 e. The van der Waals surface area contributed by atoms with Crippen molar-refractivity contribution < 1.29 is 48.0 Å². The number of nitrogens with zero attached hydrogens (tertiary/aromatic N) is 4. The van der Waals surface area contributed by atoms with E-state index < -0.39 is 54.0 Å². The average Bonchev–Trinajstić information content (AvgIpc) is 3.05. The monoisotopic (exact) mass is 727 g/mol. The third-order valence-corrected chi connectivity index (χ3v) is 7.83. The molecule has 2 fully saturated rings. The topological polar surface area (TPSA) is 188 Å². The Morgan fingerprint density at radius 2 is 1.63 bits per heavy atom. The van der Waals surface area contributed by atoms with E-state index in [1.54, 1.807) is 52.5 Å². The second kappa shape index (κ2) is 16.1. The number of carbonyl (C=O) groups excluding carboxylic acids is 5. The van der Waals surface area contributed by atoms with Crippen LogP contribution in [-0.4, -0.2) is 108 Å². The van der Waals surface area contributed by atoms with E-state index in [-0.39, 0.29) is 46.5 Å². The van der Waals surface area contributed by atoms with Gasteiger partial charge in [0.1, 0.15) is 11.2 Å². The van der Waals surface area contributed by atoms with Crippen LogP contribution in [0.5, 0.6) is 0 Å². The Hall–Kier alpha value is -4.75. The van der Waals surface area contributed by atoms with Crippen LogP contribution >= 0.6 is 11.6 Å². The normalized spacial score (nSPS) is 17.2. The first-order chi connectivity index (χ1) is 23.9. The molecule has 2 heterocycles. The van der Waals surface area contributed by atoms with Gasteiger partial charge in [0, 0.05) is 31.0 Å². The lowest BCUT2D eigenvalue weighted by Gasteiger charge is -2.34. The van der Waals surface area contributed by atoms with Crippen LogP contribution in [0, 0.1) is 11.3 Å². The summed E-state index contributed by atoms with van der Waals surface area (Å²) in [5, 5.41) is 23.4. The molecule has 2 aliphatic heterocycles. The number of anilines is 2. The van der Waals surface area contributed by atoms with Crippen molar-refractivity contribution in [2.45, 2.75) is 71.5 Å². The number of benzene rings is 2. The van der Waals surface area contributed by atoms with Gasteiger partial charge in [0.15, 0.2) is 12.2 Å². The van der Waals surface area contributed by atoms with E-state index in [0.717, 1.165) is 0 Å². The summed E-state index contributed by atoms with van der Waals surface area (Å²) in [6.07, 6.45) is -5.57. The number of nitrogens with one attached hydrogen (secondary N) is 1. The number of amides is 5. The molecule has 0 spiro atoms. The predicted octanol–water partition coefficient (Wildman–Crippen LogP) is 4.09. The van der Waals surface area contributed by atoms with Crippen LogP contribution in [0.4, 0.5) is 21.0 Å². The molecule has 2 atom stereocenters. The number of morpholine rings is 2. The maximum Gasteiger partial charge on any atom is 0.420 e. The van der Waals surface area contributed by atoms with E-state index in [9.17, 15) is 34.3 Å². The molecule has 2 aliphatic rings. The molecule has 16 heteroatoms. The number of ether oxygens (including phenoxy) is 4. The molecule has 0 aliphatic carbocycles. The van der Waals surface area contributed by atoms with Gasteiger partial charge in [-0.2, -0.15) is 5.26 Å². The Balaban J connectivity index is 1.49. The minimum absolute atomic E-state index is 0.0149. The second-order valence-corrected chi connectivity index (χ2v) is 14.2. The van der Waals surface area contributed by atoms with Gasteiger partial charge in [0.2, 0.25) is 0 Å². The number of carbonyl (C=O) groups is 5. The largest absolute Gasteiger partial charge is 0.443 e. The SMILES string of the molecule is CC(C)(C)OC(=O)N(Cc1cc(NC(=O)[C@H](O)[C@H]2OCCN(c3ccc(C(=O)N4CCOCC4)c(Cl)c3)C2=O)ccc1C#N)C(=O)OC(C)(C)C. The summed E-state index contributed by atoms with van der Waals surface area (Å²) in [5.74, 6) is -1.97. The van der Waals surface area contributed by atoms with Crippen molar-refractivity contribution in [3.63, 3.8) is 0 Å². The minimum atomic E-state index is -1.96. The van der Waals surface area contributed by atoms with Crippen molar-refractivity contribution in [1.29, 1.82) is 5.26 Å². The maximum absolute atomic E-state index is 13.5. The highest BCUT2D eigenvalue weighted by Crippen LogP contribution is 2.28. The highest BCUT2D eigenvalue weighted by atomic mass is 35.5. The first kappa shape index (κ1) is 39.0. The summed E-state index contributed by atoms with van der Waals surface area (Å²) >= 11 is 6.47. The van der Waals surface area contributed by atoms with Crippen LogP contribution in [0.2, 0.25) is 5.02 Å². The Labute approximate surface area is 300 Å². The Kier molecular flexibility index (Phi) is 12.3. The van der Waals surface area contributed by atoms with Crippen LogP contribution in [-0.2, 0) is 35.1 Å². The molecule has 5 amide bonds. The molecule has 15 nitrogen and oxygen atoms in total. The van der Waals surface area contributed by atoms with E-state index >= 15 is 0 Å². The highest BCUT2D eigenvalue weighted by molar-refractivity contribution is 6.34. The van der Waals surface area contributed by atoms with Crippen molar-refractivity contribution in [3.05, 3.63) is 58.1 Å². The number of hydrogen-bond donors (Lipinski definition) is 2. The Morgan fingerprint density at radius 1 is 1.00 bits per heavy atom. The van der Waals surface area contributed by atoms with Crippen molar-refractivity contribution >= 4 is 52.9 Å². The summed E-state index contributed by atoms with van der Waals surface area (Å²) in [5.41, 5.74) is -0.954. The van der Waals surface area contributed by atoms with Gasteiger partial charge in [-0.15, -0.1) is 0 Å². The van der Waals surface area contributed by atoms with Gasteiger partial charge in [-0.25, -0.2) is 14.5 Å². The van der Waals surface area contributed by atoms with E-state index in [0.29, 0.717) is 36.9 Å². The highest BCUT2D eigenvalue weighted by Gasteiger charge is 2.40.